The van der Waals surface area contributed by atoms with Crippen molar-refractivity contribution in [1.29, 1.82) is 0 Å². The van der Waals surface area contributed by atoms with Gasteiger partial charge in [-0.05, 0) is 50.9 Å². The Morgan fingerprint density at radius 2 is 0.852 bits per heavy atom. The van der Waals surface area contributed by atoms with Crippen molar-refractivity contribution >= 4 is 70.8 Å². The molecule has 0 saturated heterocycles. The van der Waals surface area contributed by atoms with E-state index < -0.39 is 96.2 Å². The largest absolute Gasteiger partial charge is 0.481 e. The average Bonchev–Trinajstić information content (AvgIpc) is 3.65. The molecule has 0 aromatic rings. The molecular weight excluding hydrogens is 1150 g/mol. The first-order valence-electron chi connectivity index (χ1n) is 31.7. The van der Waals surface area contributed by atoms with E-state index in [1.165, 1.54) is 38.5 Å². The minimum Gasteiger partial charge on any atom is -0.481 e. The van der Waals surface area contributed by atoms with Crippen LogP contribution in [0.5, 0.6) is 0 Å². The number of carboxylic acids is 4. The van der Waals surface area contributed by atoms with Crippen molar-refractivity contribution in [2.45, 2.75) is 231 Å². The number of hydrogen-bond donors (Lipinski definition) is 11. The summed E-state index contributed by atoms with van der Waals surface area (Å²) in [5, 5.41) is 50.5. The molecule has 27 nitrogen and oxygen atoms in total. The summed E-state index contributed by atoms with van der Waals surface area (Å²) < 4.78 is 21.4. The van der Waals surface area contributed by atoms with Crippen LogP contribution in [0.1, 0.15) is 206 Å². The van der Waals surface area contributed by atoms with Crippen LogP contribution < -0.4 is 38.1 Å². The van der Waals surface area contributed by atoms with Crippen molar-refractivity contribution in [1.82, 2.24) is 26.6 Å². The molecule has 0 aliphatic rings. The smallest absolute Gasteiger partial charge is 0.326 e. The first-order chi connectivity index (χ1) is 42.0. The van der Waals surface area contributed by atoms with Crippen molar-refractivity contribution in [3.63, 3.8) is 0 Å². The zero-order chi connectivity index (χ0) is 65.7. The number of hydrogen-bond acceptors (Lipinski definition) is 18. The lowest BCUT2D eigenvalue weighted by Crippen LogP contribution is -2.49. The maximum atomic E-state index is 12.8. The minimum absolute atomic E-state index is 0.0417. The van der Waals surface area contributed by atoms with Crippen LogP contribution in [0, 0.1) is 11.8 Å². The van der Waals surface area contributed by atoms with Gasteiger partial charge in [0.15, 0.2) is 11.6 Å². The second-order valence-electron chi connectivity index (χ2n) is 22.6. The fraction of sp³-hybridized carbons (Fsp3) is 0.803. The van der Waals surface area contributed by atoms with Crippen LogP contribution in [-0.4, -0.2) is 188 Å². The summed E-state index contributed by atoms with van der Waals surface area (Å²) in [6, 6.07) is -4.11. The third-order valence-electron chi connectivity index (χ3n) is 14.5. The molecule has 0 aliphatic heterocycles. The summed E-state index contributed by atoms with van der Waals surface area (Å²) in [6.07, 6.45) is 17.7. The van der Waals surface area contributed by atoms with Gasteiger partial charge in [0.25, 0.3) is 0 Å². The van der Waals surface area contributed by atoms with Gasteiger partial charge in [0.1, 0.15) is 31.1 Å². The second-order valence-corrected chi connectivity index (χ2v) is 22.6. The molecule has 0 aromatic heterocycles. The molecule has 0 fully saturated rings. The molecule has 0 unspecified atom stereocenters. The van der Waals surface area contributed by atoms with Crippen molar-refractivity contribution in [3.8, 4) is 0 Å². The highest BCUT2D eigenvalue weighted by atomic mass is 16.5. The predicted octanol–water partition coefficient (Wildman–Crippen LogP) is 4.05. The lowest BCUT2D eigenvalue weighted by molar-refractivity contribution is -0.145. The van der Waals surface area contributed by atoms with Crippen LogP contribution in [0.15, 0.2) is 0 Å². The molecule has 0 aliphatic carbocycles. The molecule has 5 atom stereocenters. The number of nitrogens with one attached hydrogen (secondary N) is 5. The molecule has 13 N–H and O–H groups in total. The van der Waals surface area contributed by atoms with Crippen LogP contribution in [0.4, 0.5) is 0 Å². The van der Waals surface area contributed by atoms with Crippen molar-refractivity contribution in [2.75, 3.05) is 72.5 Å². The number of Topliss-reactive ketones (excluding diaryl/α,β-unsaturated/α-hetero) is 3. The molecule has 0 spiro atoms. The van der Waals surface area contributed by atoms with E-state index in [9.17, 15) is 72.9 Å². The summed E-state index contributed by atoms with van der Waals surface area (Å²) in [5.74, 6) is -9.81. The highest BCUT2D eigenvalue weighted by Gasteiger charge is 2.27. The summed E-state index contributed by atoms with van der Waals surface area (Å²) in [6.45, 7) is 4.46. The lowest BCUT2D eigenvalue weighted by Gasteiger charge is -2.19. The molecular formula is C61H107N7O20. The van der Waals surface area contributed by atoms with Crippen LogP contribution in [0.25, 0.3) is 0 Å². The van der Waals surface area contributed by atoms with Crippen LogP contribution in [0.2, 0.25) is 0 Å². The number of aliphatic carboxylic acids is 4. The Bertz CT molecular complexity index is 2050. The van der Waals surface area contributed by atoms with Gasteiger partial charge in [-0.15, -0.1) is 0 Å². The number of ether oxygens (including phenoxy) is 4. The Morgan fingerprint density at radius 1 is 0.420 bits per heavy atom. The molecule has 5 amide bonds. The Hall–Kier alpha value is -6.00. The molecule has 0 rings (SSSR count). The topological polar surface area (TPSA) is 435 Å². The molecule has 0 heterocycles. The van der Waals surface area contributed by atoms with E-state index in [4.69, 9.17) is 35.5 Å². The molecule has 506 valence electrons. The van der Waals surface area contributed by atoms with Crippen LogP contribution >= 0.6 is 0 Å². The van der Waals surface area contributed by atoms with Gasteiger partial charge in [0.05, 0.1) is 64.2 Å². The molecule has 27 heteroatoms. The Morgan fingerprint density at radius 3 is 1.34 bits per heavy atom. The minimum atomic E-state index is -1.47. The maximum absolute atomic E-state index is 12.8. The fourth-order valence-electron chi connectivity index (χ4n) is 9.22. The van der Waals surface area contributed by atoms with Gasteiger partial charge in [-0.3, -0.25) is 53.3 Å². The number of primary amides is 1. The first-order valence-corrected chi connectivity index (χ1v) is 31.7. The third-order valence-corrected chi connectivity index (χ3v) is 14.5. The number of carboxylic acid groups (broad SMARTS) is 4. The number of amides is 5. The number of ketones is 3. The van der Waals surface area contributed by atoms with Gasteiger partial charge >= 0.3 is 23.9 Å². The summed E-state index contributed by atoms with van der Waals surface area (Å²) in [5.41, 5.74) is 11.3. The van der Waals surface area contributed by atoms with Gasteiger partial charge < -0.3 is 72.1 Å². The first kappa shape index (κ1) is 82.0. The number of nitrogens with two attached hydrogens (primary N) is 2. The van der Waals surface area contributed by atoms with Gasteiger partial charge in [0.2, 0.25) is 29.5 Å². The lowest BCUT2D eigenvalue weighted by atomic mass is 9.94. The number of rotatable bonds is 63. The van der Waals surface area contributed by atoms with Gasteiger partial charge in [-0.2, -0.15) is 0 Å². The van der Waals surface area contributed by atoms with E-state index in [1.807, 2.05) is 13.8 Å². The Kier molecular flexibility index (Phi) is 50.3. The normalized spacial score (nSPS) is 13.0. The van der Waals surface area contributed by atoms with Gasteiger partial charge in [-0.25, -0.2) is 9.59 Å². The Balaban J connectivity index is 4.11. The summed E-state index contributed by atoms with van der Waals surface area (Å²) in [4.78, 5) is 145. The van der Waals surface area contributed by atoms with E-state index in [0.717, 1.165) is 57.8 Å². The fourth-order valence-corrected chi connectivity index (χ4v) is 9.22. The monoisotopic (exact) mass is 1260 g/mol. The SMILES string of the molecule is CC(C)[C@H](NCC(=O)[C@@H](N)CCCCCC(=O)COCCOCCNC(=O)COCCOCCNC(=O)CC[C@H](NC(=O)CC[C@H](CC(=O)CC[C@H](NC(=O)CCCCCCCCCCCCCCCCCCC(=O)O)C(=O)O)C(=O)O)C(=O)O)C(N)=O. The summed E-state index contributed by atoms with van der Waals surface area (Å²) in [7, 11) is 0. The number of carbonyl (C=O) groups excluding carboxylic acids is 8. The van der Waals surface area contributed by atoms with Crippen molar-refractivity contribution in [2.24, 2.45) is 23.3 Å². The van der Waals surface area contributed by atoms with Gasteiger partial charge in [-0.1, -0.05) is 117 Å². The highest BCUT2D eigenvalue weighted by molar-refractivity contribution is 5.88. The molecule has 0 aromatic carbocycles. The van der Waals surface area contributed by atoms with E-state index in [-0.39, 0.29) is 141 Å². The van der Waals surface area contributed by atoms with E-state index in [0.29, 0.717) is 38.5 Å². The van der Waals surface area contributed by atoms with Crippen LogP contribution in [-0.2, 0) is 76.5 Å². The zero-order valence-corrected chi connectivity index (χ0v) is 52.4. The standard InChI is InChI=1S/C61H107N7O20/c1-44(2)57(58(63)78)66-41-51(71)48(62)23-19-17-18-22-47(70)42-87-38-36-86-35-33-65-55(75)43-88-39-37-85-34-32-64-52(72)31-29-50(61(83)84)68-54(74)30-26-45(59(79)80)40-46(69)27-28-49(60(81)82)67-53(73)24-20-15-13-11-9-7-5-3-4-6-8-10-12-14-16-21-25-56(76)77/h44-45,48-50,57,66H,3-43,62H2,1-2H3,(H2,63,78)(H,64,72)(H,65,75)(H,67,73)(H,68,74)(H,76,77)(H,79,80)(H,81,82)(H,83,84)/t45-,48+,49+,50+,57+/m1/s1. The third kappa shape index (κ3) is 48.9. The molecule has 88 heavy (non-hydrogen) atoms. The van der Waals surface area contributed by atoms with E-state index in [1.54, 1.807) is 0 Å². The van der Waals surface area contributed by atoms with E-state index >= 15 is 0 Å². The number of unbranched alkanes of at least 4 members (excludes halogenated alkanes) is 17. The number of carbonyl (C=O) groups is 12. The second kappa shape index (κ2) is 54.0. The van der Waals surface area contributed by atoms with Crippen molar-refractivity contribution < 1.29 is 96.9 Å². The molecule has 0 radical (unpaired) electrons. The summed E-state index contributed by atoms with van der Waals surface area (Å²) >= 11 is 0. The average molecular weight is 1260 g/mol. The van der Waals surface area contributed by atoms with Crippen LogP contribution in [0.3, 0.4) is 0 Å². The zero-order valence-electron chi connectivity index (χ0n) is 52.4. The Labute approximate surface area is 519 Å². The molecule has 0 bridgehead atoms. The van der Waals surface area contributed by atoms with E-state index in [2.05, 4.69) is 26.6 Å². The van der Waals surface area contributed by atoms with Gasteiger partial charge in [0, 0.05) is 58.0 Å². The molecule has 0 saturated carbocycles. The predicted molar refractivity (Wildman–Crippen MR) is 325 cm³/mol. The maximum Gasteiger partial charge on any atom is 0.326 e. The van der Waals surface area contributed by atoms with Crippen molar-refractivity contribution in [3.05, 3.63) is 0 Å². The quantitative estimate of drug-likeness (QED) is 0.0383. The highest BCUT2D eigenvalue weighted by Crippen LogP contribution is 2.18.